The fourth-order valence-electron chi connectivity index (χ4n) is 8.97. The molecule has 7 heteroatoms. The molecule has 2 saturated carbocycles. The smallest absolute Gasteiger partial charge is 0.336 e. The highest BCUT2D eigenvalue weighted by molar-refractivity contribution is 6.06. The molecule has 1 spiro atoms. The molecule has 0 unspecified atom stereocenters. The zero-order chi connectivity index (χ0) is 23.9. The highest BCUT2D eigenvalue weighted by Gasteiger charge is 2.87. The number of aliphatic hydroxyl groups excluding tert-OH is 2. The number of cyclic esters (lactones) is 1. The molecule has 0 amide bonds. The van der Waals surface area contributed by atoms with E-state index < -0.39 is 39.5 Å². The Morgan fingerprint density at radius 2 is 1.79 bits per heavy atom. The minimum Gasteiger partial charge on any atom is -0.504 e. The molecular formula is C26H30O7. The van der Waals surface area contributed by atoms with Gasteiger partial charge >= 0.3 is 5.97 Å². The van der Waals surface area contributed by atoms with Gasteiger partial charge in [-0.3, -0.25) is 9.59 Å². The van der Waals surface area contributed by atoms with Crippen molar-refractivity contribution in [3.8, 4) is 0 Å². The van der Waals surface area contributed by atoms with Gasteiger partial charge in [0, 0.05) is 22.3 Å². The Morgan fingerprint density at radius 3 is 2.42 bits per heavy atom. The Kier molecular flexibility index (Phi) is 3.67. The van der Waals surface area contributed by atoms with Gasteiger partial charge in [0.25, 0.3) is 0 Å². The molecule has 8 atom stereocenters. The summed E-state index contributed by atoms with van der Waals surface area (Å²) in [6, 6.07) is 0. The number of hydrogen-bond acceptors (Lipinski definition) is 7. The molecule has 176 valence electrons. The quantitative estimate of drug-likeness (QED) is 0.463. The summed E-state index contributed by atoms with van der Waals surface area (Å²) in [6.45, 7) is 9.55. The van der Waals surface area contributed by atoms with Crippen LogP contribution >= 0.6 is 0 Å². The van der Waals surface area contributed by atoms with E-state index in [2.05, 4.69) is 6.92 Å². The maximum atomic E-state index is 14.1. The van der Waals surface area contributed by atoms with Gasteiger partial charge in [-0.1, -0.05) is 19.9 Å². The summed E-state index contributed by atoms with van der Waals surface area (Å²) in [4.78, 5) is 39.3. The monoisotopic (exact) mass is 454 g/mol. The maximum absolute atomic E-state index is 14.1. The highest BCUT2D eigenvalue weighted by Crippen LogP contribution is 2.80. The van der Waals surface area contributed by atoms with Crippen molar-refractivity contribution in [3.05, 3.63) is 35.1 Å². The van der Waals surface area contributed by atoms with Gasteiger partial charge < -0.3 is 19.7 Å². The summed E-state index contributed by atoms with van der Waals surface area (Å²) >= 11 is 0. The number of ketones is 2. The van der Waals surface area contributed by atoms with Crippen LogP contribution in [-0.4, -0.2) is 45.7 Å². The van der Waals surface area contributed by atoms with Crippen molar-refractivity contribution < 1.29 is 34.1 Å². The lowest BCUT2D eigenvalue weighted by atomic mass is 9.39. The normalized spacial score (nSPS) is 51.5. The third-order valence-corrected chi connectivity index (χ3v) is 10.4. The lowest BCUT2D eigenvalue weighted by molar-refractivity contribution is -0.165. The molecule has 33 heavy (non-hydrogen) atoms. The Hall–Kier alpha value is -2.25. The first-order valence-electron chi connectivity index (χ1n) is 11.8. The first kappa shape index (κ1) is 21.3. The van der Waals surface area contributed by atoms with Crippen LogP contribution in [0.2, 0.25) is 0 Å². The average Bonchev–Trinajstić information content (AvgIpc) is 3.28. The molecule has 0 aromatic carbocycles. The number of Topliss-reactive ketones (excluding diaryl/α,β-unsaturated/α-hetero) is 1. The van der Waals surface area contributed by atoms with Gasteiger partial charge in [-0.15, -0.1) is 0 Å². The molecular weight excluding hydrogens is 424 g/mol. The van der Waals surface area contributed by atoms with Crippen molar-refractivity contribution in [2.45, 2.75) is 71.9 Å². The summed E-state index contributed by atoms with van der Waals surface area (Å²) in [5.74, 6) is -1.69. The number of allylic oxidation sites excluding steroid dienone is 4. The molecule has 1 saturated heterocycles. The third-order valence-electron chi connectivity index (χ3n) is 10.4. The second-order valence-corrected chi connectivity index (χ2v) is 11.9. The molecule has 0 aromatic rings. The number of rotatable bonds is 1. The number of carbonyl (C=O) groups excluding carboxylic acids is 3. The number of esters is 1. The predicted molar refractivity (Wildman–Crippen MR) is 116 cm³/mol. The van der Waals surface area contributed by atoms with Gasteiger partial charge in [-0.25, -0.2) is 4.79 Å². The molecule has 0 bridgehead atoms. The maximum Gasteiger partial charge on any atom is 0.336 e. The summed E-state index contributed by atoms with van der Waals surface area (Å²) in [6.07, 6.45) is 5.44. The van der Waals surface area contributed by atoms with Crippen LogP contribution in [0, 0.1) is 33.5 Å². The fourth-order valence-corrected chi connectivity index (χ4v) is 8.97. The topological polar surface area (TPSA) is 113 Å². The Morgan fingerprint density at radius 1 is 1.09 bits per heavy atom. The molecule has 2 heterocycles. The molecule has 2 aliphatic heterocycles. The van der Waals surface area contributed by atoms with Crippen molar-refractivity contribution in [2.24, 2.45) is 33.5 Å². The van der Waals surface area contributed by atoms with E-state index in [9.17, 15) is 24.6 Å². The van der Waals surface area contributed by atoms with Crippen LogP contribution in [0.3, 0.4) is 0 Å². The van der Waals surface area contributed by atoms with E-state index in [1.807, 2.05) is 19.9 Å². The number of carbonyl (C=O) groups is 3. The Labute approximate surface area is 192 Å². The third kappa shape index (κ3) is 2.01. The van der Waals surface area contributed by atoms with Crippen LogP contribution in [0.25, 0.3) is 0 Å². The van der Waals surface area contributed by atoms with Crippen LogP contribution in [0.5, 0.6) is 0 Å². The summed E-state index contributed by atoms with van der Waals surface area (Å²) < 4.78 is 11.4. The largest absolute Gasteiger partial charge is 0.504 e. The van der Waals surface area contributed by atoms with Crippen LogP contribution in [0.1, 0.15) is 53.9 Å². The van der Waals surface area contributed by atoms with E-state index >= 15 is 0 Å². The van der Waals surface area contributed by atoms with Gasteiger partial charge in [0.15, 0.2) is 11.5 Å². The average molecular weight is 455 g/mol. The zero-order valence-corrected chi connectivity index (χ0v) is 19.6. The van der Waals surface area contributed by atoms with Crippen molar-refractivity contribution in [1.29, 1.82) is 0 Å². The molecule has 6 aliphatic rings. The van der Waals surface area contributed by atoms with Crippen LogP contribution < -0.4 is 0 Å². The highest BCUT2D eigenvalue weighted by atomic mass is 16.6. The fraction of sp³-hybridized carbons (Fsp3) is 0.654. The van der Waals surface area contributed by atoms with E-state index in [1.165, 1.54) is 6.08 Å². The Balaban J connectivity index is 1.53. The molecule has 4 aliphatic carbocycles. The van der Waals surface area contributed by atoms with Gasteiger partial charge in [0.2, 0.25) is 12.1 Å². The molecule has 0 radical (unpaired) electrons. The molecule has 7 nitrogen and oxygen atoms in total. The van der Waals surface area contributed by atoms with Gasteiger partial charge in [0.05, 0.1) is 16.9 Å². The van der Waals surface area contributed by atoms with E-state index in [-0.39, 0.29) is 35.3 Å². The summed E-state index contributed by atoms with van der Waals surface area (Å²) in [7, 11) is 0. The van der Waals surface area contributed by atoms with Crippen LogP contribution in [0.4, 0.5) is 0 Å². The number of fused-ring (bicyclic) bond motifs is 3. The van der Waals surface area contributed by atoms with Gasteiger partial charge in [0.1, 0.15) is 5.60 Å². The molecule has 2 N–H and O–H groups in total. The van der Waals surface area contributed by atoms with E-state index in [1.54, 1.807) is 19.9 Å². The second-order valence-electron chi connectivity index (χ2n) is 11.9. The minimum atomic E-state index is -1.24. The van der Waals surface area contributed by atoms with Crippen molar-refractivity contribution in [1.82, 2.24) is 0 Å². The molecule has 0 aromatic heterocycles. The van der Waals surface area contributed by atoms with Crippen molar-refractivity contribution in [3.63, 3.8) is 0 Å². The van der Waals surface area contributed by atoms with Crippen molar-refractivity contribution >= 4 is 17.5 Å². The molecule has 3 fully saturated rings. The lowest BCUT2D eigenvalue weighted by Gasteiger charge is -2.62. The van der Waals surface area contributed by atoms with Crippen LogP contribution in [-0.2, 0) is 23.9 Å². The first-order chi connectivity index (χ1) is 15.3. The predicted octanol–water partition coefficient (Wildman–Crippen LogP) is 2.93. The first-order valence-corrected chi connectivity index (χ1v) is 11.8. The van der Waals surface area contributed by atoms with Gasteiger partial charge in [-0.2, -0.15) is 0 Å². The van der Waals surface area contributed by atoms with E-state index in [0.29, 0.717) is 30.4 Å². The minimum absolute atomic E-state index is 0.122. The summed E-state index contributed by atoms with van der Waals surface area (Å²) in [5.41, 5.74) is -3.07. The standard InChI is InChI=1S/C26H30O7/c1-22(2)15(27)7-8-23(3)14-6-9-24(4)13(12-10-17(28)32-21(12)31)11-16-26(24,33-16)25(14,5)20(30)18(29)19(22)23/h7-8,10,13-14,16-17,28-29H,6,9,11H2,1-5H3/t13-,14+,16+,17+,23-,24-,25-,26+/m0/s1. The zero-order valence-electron chi connectivity index (χ0n) is 19.6. The lowest BCUT2D eigenvalue weighted by Crippen LogP contribution is -2.66. The summed E-state index contributed by atoms with van der Waals surface area (Å²) in [5, 5.41) is 21.2. The van der Waals surface area contributed by atoms with E-state index in [4.69, 9.17) is 9.47 Å². The number of epoxide rings is 1. The van der Waals surface area contributed by atoms with Crippen LogP contribution in [0.15, 0.2) is 35.1 Å². The Bertz CT molecular complexity index is 1140. The van der Waals surface area contributed by atoms with Gasteiger partial charge in [-0.05, 0) is 63.7 Å². The second kappa shape index (κ2) is 5.69. The SMILES string of the molecule is CC1(C)C(=O)C=C[C@]2(C)C1=C(O)C(=O)[C@]1(C)[C@@H]2CC[C@@]2(C)[C@H](C3=C[C@H](O)OC3=O)C[C@H]3O[C@]321. The number of ether oxygens (including phenoxy) is 2. The van der Waals surface area contributed by atoms with E-state index in [0.717, 1.165) is 0 Å². The molecule has 6 rings (SSSR count). The van der Waals surface area contributed by atoms with Crippen molar-refractivity contribution in [2.75, 3.05) is 0 Å². The number of hydrogen-bond donors (Lipinski definition) is 2. The number of aliphatic hydroxyl groups is 2.